The monoisotopic (exact) mass is 329 g/mol. The van der Waals surface area contributed by atoms with Crippen LogP contribution in [0.15, 0.2) is 0 Å². The van der Waals surface area contributed by atoms with Gasteiger partial charge in [-0.3, -0.25) is 9.69 Å². The van der Waals surface area contributed by atoms with E-state index in [1.165, 1.54) is 19.3 Å². The van der Waals surface area contributed by atoms with Crippen LogP contribution >= 0.6 is 24.8 Å². The first-order valence-corrected chi connectivity index (χ1v) is 6.94. The molecule has 0 radical (unpaired) electrons. The van der Waals surface area contributed by atoms with Gasteiger partial charge >= 0.3 is 0 Å². The van der Waals surface area contributed by atoms with Crippen molar-refractivity contribution in [1.29, 1.82) is 0 Å². The quantitative estimate of drug-likeness (QED) is 0.736. The molecule has 2 unspecified atom stereocenters. The van der Waals surface area contributed by atoms with Crippen molar-refractivity contribution in [1.82, 2.24) is 10.2 Å². The third-order valence-electron chi connectivity index (χ3n) is 3.70. The van der Waals surface area contributed by atoms with Gasteiger partial charge in [0.25, 0.3) is 0 Å². The molecule has 1 aliphatic heterocycles. The Labute approximate surface area is 134 Å². The van der Waals surface area contributed by atoms with Gasteiger partial charge in [-0.2, -0.15) is 0 Å². The van der Waals surface area contributed by atoms with E-state index in [-0.39, 0.29) is 36.8 Å². The molecule has 1 amide bonds. The lowest BCUT2D eigenvalue weighted by Gasteiger charge is -2.35. The standard InChI is InChI=1S/C13H27N3O2.2ClH/c1-3-16-7-5-4-6-11(16)10-15-13(17)8-12(9-14)18-2;;/h11-12H,3-10,14H2,1-2H3,(H,15,17);2*1H. The van der Waals surface area contributed by atoms with Gasteiger partial charge < -0.3 is 15.8 Å². The molecule has 0 aromatic rings. The highest BCUT2D eigenvalue weighted by molar-refractivity contribution is 5.85. The largest absolute Gasteiger partial charge is 0.380 e. The Kier molecular flexibility index (Phi) is 14.1. The number of piperidine rings is 1. The third-order valence-corrected chi connectivity index (χ3v) is 3.70. The maximum absolute atomic E-state index is 11.7. The van der Waals surface area contributed by atoms with Crippen molar-refractivity contribution in [2.45, 2.75) is 44.8 Å². The van der Waals surface area contributed by atoms with Gasteiger partial charge in [-0.15, -0.1) is 24.8 Å². The summed E-state index contributed by atoms with van der Waals surface area (Å²) >= 11 is 0. The van der Waals surface area contributed by atoms with E-state index in [0.717, 1.165) is 19.6 Å². The first-order chi connectivity index (χ1) is 8.71. The average molecular weight is 330 g/mol. The van der Waals surface area contributed by atoms with E-state index in [1.54, 1.807) is 7.11 Å². The average Bonchev–Trinajstić information content (AvgIpc) is 2.42. The van der Waals surface area contributed by atoms with E-state index in [9.17, 15) is 4.79 Å². The second kappa shape index (κ2) is 12.7. The summed E-state index contributed by atoms with van der Waals surface area (Å²) in [4.78, 5) is 14.2. The highest BCUT2D eigenvalue weighted by Gasteiger charge is 2.21. The molecule has 3 N–H and O–H groups in total. The highest BCUT2D eigenvalue weighted by Crippen LogP contribution is 2.15. The summed E-state index contributed by atoms with van der Waals surface area (Å²) in [5.74, 6) is 0.0360. The maximum atomic E-state index is 11.7. The number of carbonyl (C=O) groups is 1. The van der Waals surface area contributed by atoms with Crippen LogP contribution in [0.3, 0.4) is 0 Å². The van der Waals surface area contributed by atoms with Crippen LogP contribution in [0.2, 0.25) is 0 Å². The first kappa shape index (κ1) is 22.2. The fourth-order valence-corrected chi connectivity index (χ4v) is 2.48. The number of likely N-dealkylation sites (tertiary alicyclic amines) is 1. The Balaban J connectivity index is 0. The highest BCUT2D eigenvalue weighted by atomic mass is 35.5. The minimum absolute atomic E-state index is 0. The summed E-state index contributed by atoms with van der Waals surface area (Å²) in [6, 6.07) is 0.492. The lowest BCUT2D eigenvalue weighted by molar-refractivity contribution is -0.123. The van der Waals surface area contributed by atoms with E-state index in [1.807, 2.05) is 0 Å². The lowest BCUT2D eigenvalue weighted by atomic mass is 10.0. The van der Waals surface area contributed by atoms with Gasteiger partial charge in [0.05, 0.1) is 12.5 Å². The van der Waals surface area contributed by atoms with Crippen LogP contribution < -0.4 is 11.1 Å². The molecule has 1 fully saturated rings. The lowest BCUT2D eigenvalue weighted by Crippen LogP contribution is -2.47. The molecule has 0 aliphatic carbocycles. The van der Waals surface area contributed by atoms with Crippen LogP contribution in [-0.2, 0) is 9.53 Å². The number of nitrogens with two attached hydrogens (primary N) is 1. The molecule has 5 nitrogen and oxygen atoms in total. The third kappa shape index (κ3) is 7.64. The predicted octanol–water partition coefficient (Wildman–Crippen LogP) is 1.18. The number of likely N-dealkylation sites (N-methyl/N-ethyl adjacent to an activating group) is 1. The van der Waals surface area contributed by atoms with Crippen molar-refractivity contribution in [3.8, 4) is 0 Å². The number of hydrogen-bond acceptors (Lipinski definition) is 4. The summed E-state index contributed by atoms with van der Waals surface area (Å²) in [5.41, 5.74) is 5.50. The molecule has 122 valence electrons. The number of carbonyl (C=O) groups excluding carboxylic acids is 1. The number of hydrogen-bond donors (Lipinski definition) is 2. The Morgan fingerprint density at radius 2 is 2.15 bits per heavy atom. The number of methoxy groups -OCH3 is 1. The van der Waals surface area contributed by atoms with E-state index in [0.29, 0.717) is 19.0 Å². The molecule has 1 heterocycles. The molecule has 20 heavy (non-hydrogen) atoms. The van der Waals surface area contributed by atoms with Gasteiger partial charge in [-0.1, -0.05) is 13.3 Å². The molecule has 0 bridgehead atoms. The van der Waals surface area contributed by atoms with Gasteiger partial charge in [0.1, 0.15) is 0 Å². The number of rotatable bonds is 7. The summed E-state index contributed by atoms with van der Waals surface area (Å²) in [6.45, 7) is 5.52. The number of halogens is 2. The van der Waals surface area contributed by atoms with Gasteiger partial charge in [0, 0.05) is 26.2 Å². The molecule has 0 aromatic carbocycles. The van der Waals surface area contributed by atoms with Gasteiger partial charge in [-0.25, -0.2) is 0 Å². The van der Waals surface area contributed by atoms with Crippen LogP contribution in [0.5, 0.6) is 0 Å². The van der Waals surface area contributed by atoms with Crippen LogP contribution in [0.25, 0.3) is 0 Å². The molecule has 2 atom stereocenters. The molecule has 1 rings (SSSR count). The molecule has 0 aromatic heterocycles. The Hall–Kier alpha value is -0.0700. The van der Waals surface area contributed by atoms with Crippen LogP contribution in [0.4, 0.5) is 0 Å². The molecule has 1 saturated heterocycles. The van der Waals surface area contributed by atoms with E-state index in [4.69, 9.17) is 10.5 Å². The number of amides is 1. The smallest absolute Gasteiger partial charge is 0.222 e. The van der Waals surface area contributed by atoms with E-state index >= 15 is 0 Å². The Morgan fingerprint density at radius 1 is 1.45 bits per heavy atom. The summed E-state index contributed by atoms with van der Waals surface area (Å²) < 4.78 is 5.11. The SMILES string of the molecule is CCN1CCCCC1CNC(=O)CC(CN)OC.Cl.Cl. The zero-order valence-corrected chi connectivity index (χ0v) is 14.1. The second-order valence-electron chi connectivity index (χ2n) is 4.88. The van der Waals surface area contributed by atoms with Crippen LogP contribution in [0, 0.1) is 0 Å². The molecular formula is C13H29Cl2N3O2. The molecular weight excluding hydrogens is 301 g/mol. The normalized spacial score (nSPS) is 20.4. The minimum atomic E-state index is -0.168. The topological polar surface area (TPSA) is 67.6 Å². The first-order valence-electron chi connectivity index (χ1n) is 6.94. The maximum Gasteiger partial charge on any atom is 0.222 e. The van der Waals surface area contributed by atoms with Crippen molar-refractivity contribution in [2.24, 2.45) is 5.73 Å². The fourth-order valence-electron chi connectivity index (χ4n) is 2.48. The molecule has 0 saturated carbocycles. The predicted molar refractivity (Wildman–Crippen MR) is 86.9 cm³/mol. The van der Waals surface area contributed by atoms with Crippen molar-refractivity contribution < 1.29 is 9.53 Å². The van der Waals surface area contributed by atoms with Crippen molar-refractivity contribution in [3.05, 3.63) is 0 Å². The van der Waals surface area contributed by atoms with Crippen molar-refractivity contribution >= 4 is 30.7 Å². The van der Waals surface area contributed by atoms with Crippen LogP contribution in [-0.4, -0.2) is 56.2 Å². The molecule has 1 aliphatic rings. The summed E-state index contributed by atoms with van der Waals surface area (Å²) in [5, 5.41) is 3.00. The van der Waals surface area contributed by atoms with E-state index in [2.05, 4.69) is 17.1 Å². The van der Waals surface area contributed by atoms with Gasteiger partial charge in [0.2, 0.25) is 5.91 Å². The van der Waals surface area contributed by atoms with Crippen LogP contribution in [0.1, 0.15) is 32.6 Å². The van der Waals surface area contributed by atoms with Crippen molar-refractivity contribution in [2.75, 3.05) is 33.3 Å². The number of ether oxygens (including phenoxy) is 1. The number of nitrogens with one attached hydrogen (secondary N) is 1. The zero-order valence-electron chi connectivity index (χ0n) is 12.5. The molecule has 0 spiro atoms. The fraction of sp³-hybridized carbons (Fsp3) is 0.923. The number of nitrogens with zero attached hydrogens (tertiary/aromatic N) is 1. The zero-order chi connectivity index (χ0) is 13.4. The Bertz CT molecular complexity index is 254. The minimum Gasteiger partial charge on any atom is -0.380 e. The molecule has 7 heteroatoms. The van der Waals surface area contributed by atoms with Crippen molar-refractivity contribution in [3.63, 3.8) is 0 Å². The summed E-state index contributed by atoms with van der Waals surface area (Å²) in [7, 11) is 1.59. The Morgan fingerprint density at radius 3 is 2.70 bits per heavy atom. The summed E-state index contributed by atoms with van der Waals surface area (Å²) in [6.07, 6.45) is 3.90. The second-order valence-corrected chi connectivity index (χ2v) is 4.88. The van der Waals surface area contributed by atoms with Gasteiger partial charge in [0.15, 0.2) is 0 Å². The van der Waals surface area contributed by atoms with Gasteiger partial charge in [-0.05, 0) is 25.9 Å². The van der Waals surface area contributed by atoms with E-state index < -0.39 is 0 Å².